The summed E-state index contributed by atoms with van der Waals surface area (Å²) in [7, 11) is 0. The number of benzene rings is 1. The van der Waals surface area contributed by atoms with E-state index in [2.05, 4.69) is 5.32 Å². The van der Waals surface area contributed by atoms with Gasteiger partial charge in [-0.25, -0.2) is 0 Å². The minimum absolute atomic E-state index is 0.134. The summed E-state index contributed by atoms with van der Waals surface area (Å²) in [5, 5.41) is 12.6. The van der Waals surface area contributed by atoms with E-state index in [4.69, 9.17) is 16.9 Å². The van der Waals surface area contributed by atoms with Crippen LogP contribution in [0.4, 0.5) is 0 Å². The predicted octanol–water partition coefficient (Wildman–Crippen LogP) is 3.31. The molecule has 1 aromatic carbocycles. The highest BCUT2D eigenvalue weighted by molar-refractivity contribution is 6.30. The van der Waals surface area contributed by atoms with Crippen molar-refractivity contribution >= 4 is 23.6 Å². The summed E-state index contributed by atoms with van der Waals surface area (Å²) in [6.45, 7) is 0. The number of hydrogen-bond donors (Lipinski definition) is 1. The first kappa shape index (κ1) is 13.6. The van der Waals surface area contributed by atoms with Crippen LogP contribution in [-0.2, 0) is 4.79 Å². The molecular weight excluding hydrogens is 260 g/mol. The van der Waals surface area contributed by atoms with Crippen molar-refractivity contribution in [2.24, 2.45) is 0 Å². The molecule has 98 valence electrons. The van der Waals surface area contributed by atoms with Gasteiger partial charge in [-0.1, -0.05) is 36.6 Å². The molecule has 1 saturated carbocycles. The molecule has 1 fully saturated rings. The molecule has 0 unspecified atom stereocenters. The van der Waals surface area contributed by atoms with Gasteiger partial charge in [-0.3, -0.25) is 4.79 Å². The number of nitrogens with zero attached hydrogens (tertiary/aromatic N) is 1. The Morgan fingerprint density at radius 3 is 2.53 bits per heavy atom. The topological polar surface area (TPSA) is 52.9 Å². The van der Waals surface area contributed by atoms with E-state index < -0.39 is 0 Å². The number of halogens is 1. The third kappa shape index (κ3) is 3.84. The quantitative estimate of drug-likeness (QED) is 0.679. The zero-order valence-corrected chi connectivity index (χ0v) is 11.3. The minimum Gasteiger partial charge on any atom is -0.349 e. The van der Waals surface area contributed by atoms with E-state index >= 15 is 0 Å². The summed E-state index contributed by atoms with van der Waals surface area (Å²) >= 11 is 5.79. The number of amides is 1. The molecule has 0 heterocycles. The highest BCUT2D eigenvalue weighted by Crippen LogP contribution is 2.18. The van der Waals surface area contributed by atoms with Crippen LogP contribution in [0, 0.1) is 11.3 Å². The van der Waals surface area contributed by atoms with Gasteiger partial charge in [-0.15, -0.1) is 0 Å². The maximum atomic E-state index is 12.0. The molecular formula is C15H15ClN2O. The maximum Gasteiger partial charge on any atom is 0.262 e. The molecule has 1 N–H and O–H groups in total. The van der Waals surface area contributed by atoms with E-state index in [-0.39, 0.29) is 17.5 Å². The van der Waals surface area contributed by atoms with Crippen LogP contribution in [0.2, 0.25) is 5.02 Å². The van der Waals surface area contributed by atoms with Crippen LogP contribution in [0.3, 0.4) is 0 Å². The van der Waals surface area contributed by atoms with Gasteiger partial charge in [0.15, 0.2) is 0 Å². The Bertz CT molecular complexity index is 522. The molecule has 0 radical (unpaired) electrons. The molecule has 1 amide bonds. The molecule has 1 aliphatic rings. The SMILES string of the molecule is N#C/C(=C/c1ccc(Cl)cc1)C(=O)NC1CCCC1. The fourth-order valence-corrected chi connectivity index (χ4v) is 2.33. The van der Waals surface area contributed by atoms with E-state index in [1.54, 1.807) is 30.3 Å². The van der Waals surface area contributed by atoms with Gasteiger partial charge in [-0.2, -0.15) is 5.26 Å². The Labute approximate surface area is 117 Å². The van der Waals surface area contributed by atoms with E-state index in [9.17, 15) is 4.79 Å². The standard InChI is InChI=1S/C15H15ClN2O/c16-13-7-5-11(6-8-13)9-12(10-17)15(19)18-14-3-1-2-4-14/h5-9,14H,1-4H2,(H,18,19)/b12-9-. The van der Waals surface area contributed by atoms with Gasteiger partial charge < -0.3 is 5.32 Å². The first-order valence-corrected chi connectivity index (χ1v) is 6.75. The average molecular weight is 275 g/mol. The predicted molar refractivity (Wildman–Crippen MR) is 75.4 cm³/mol. The minimum atomic E-state index is -0.288. The van der Waals surface area contributed by atoms with Crippen LogP contribution in [0.15, 0.2) is 29.8 Å². The average Bonchev–Trinajstić information content (AvgIpc) is 2.90. The monoisotopic (exact) mass is 274 g/mol. The van der Waals surface area contributed by atoms with Crippen molar-refractivity contribution in [2.75, 3.05) is 0 Å². The molecule has 0 aliphatic heterocycles. The second-order valence-corrected chi connectivity index (χ2v) is 5.11. The molecule has 19 heavy (non-hydrogen) atoms. The van der Waals surface area contributed by atoms with E-state index in [1.165, 1.54) is 0 Å². The molecule has 1 aromatic rings. The van der Waals surface area contributed by atoms with Crippen LogP contribution >= 0.6 is 11.6 Å². The zero-order chi connectivity index (χ0) is 13.7. The van der Waals surface area contributed by atoms with Crippen LogP contribution in [0.1, 0.15) is 31.2 Å². The molecule has 4 heteroatoms. The highest BCUT2D eigenvalue weighted by Gasteiger charge is 2.19. The van der Waals surface area contributed by atoms with Crippen molar-refractivity contribution in [2.45, 2.75) is 31.7 Å². The van der Waals surface area contributed by atoms with Crippen molar-refractivity contribution in [3.63, 3.8) is 0 Å². The third-order valence-corrected chi connectivity index (χ3v) is 3.49. The van der Waals surface area contributed by atoms with Crippen molar-refractivity contribution in [3.05, 3.63) is 40.4 Å². The van der Waals surface area contributed by atoms with Gasteiger partial charge in [0.2, 0.25) is 0 Å². The first-order valence-electron chi connectivity index (χ1n) is 6.37. The zero-order valence-electron chi connectivity index (χ0n) is 10.5. The van der Waals surface area contributed by atoms with Gasteiger partial charge in [0.1, 0.15) is 11.6 Å². The van der Waals surface area contributed by atoms with Gasteiger partial charge in [0.05, 0.1) is 0 Å². The van der Waals surface area contributed by atoms with Crippen LogP contribution in [0.5, 0.6) is 0 Å². The summed E-state index contributed by atoms with van der Waals surface area (Å²) < 4.78 is 0. The summed E-state index contributed by atoms with van der Waals surface area (Å²) in [4.78, 5) is 12.0. The molecule has 0 aromatic heterocycles. The molecule has 2 rings (SSSR count). The number of hydrogen-bond acceptors (Lipinski definition) is 2. The Morgan fingerprint density at radius 2 is 1.95 bits per heavy atom. The van der Waals surface area contributed by atoms with Crippen molar-refractivity contribution in [1.29, 1.82) is 5.26 Å². The van der Waals surface area contributed by atoms with Crippen molar-refractivity contribution < 1.29 is 4.79 Å². The van der Waals surface area contributed by atoms with Crippen LogP contribution in [-0.4, -0.2) is 11.9 Å². The van der Waals surface area contributed by atoms with Gasteiger partial charge in [-0.05, 0) is 36.6 Å². The highest BCUT2D eigenvalue weighted by atomic mass is 35.5. The van der Waals surface area contributed by atoms with Crippen LogP contribution < -0.4 is 5.32 Å². The van der Waals surface area contributed by atoms with Gasteiger partial charge in [0.25, 0.3) is 5.91 Å². The number of carbonyl (C=O) groups is 1. The second-order valence-electron chi connectivity index (χ2n) is 4.68. The summed E-state index contributed by atoms with van der Waals surface area (Å²) in [5.74, 6) is -0.288. The number of rotatable bonds is 3. The molecule has 0 atom stereocenters. The largest absolute Gasteiger partial charge is 0.349 e. The first-order chi connectivity index (χ1) is 9.19. The number of nitrogens with one attached hydrogen (secondary N) is 1. The molecule has 0 spiro atoms. The number of carbonyl (C=O) groups excluding carboxylic acids is 1. The van der Waals surface area contributed by atoms with E-state index in [0.29, 0.717) is 5.02 Å². The van der Waals surface area contributed by atoms with Crippen LogP contribution in [0.25, 0.3) is 6.08 Å². The Kier molecular flexibility index (Phi) is 4.59. The molecule has 3 nitrogen and oxygen atoms in total. The maximum absolute atomic E-state index is 12.0. The molecule has 1 aliphatic carbocycles. The molecule has 0 bridgehead atoms. The Morgan fingerprint density at radius 1 is 1.32 bits per heavy atom. The Hall–Kier alpha value is -1.79. The van der Waals surface area contributed by atoms with Gasteiger partial charge >= 0.3 is 0 Å². The lowest BCUT2D eigenvalue weighted by Crippen LogP contribution is -2.33. The second kappa shape index (κ2) is 6.40. The smallest absolute Gasteiger partial charge is 0.262 e. The lowest BCUT2D eigenvalue weighted by molar-refractivity contribution is -0.117. The summed E-state index contributed by atoms with van der Waals surface area (Å²) in [6, 6.07) is 9.20. The fourth-order valence-electron chi connectivity index (χ4n) is 2.21. The van der Waals surface area contributed by atoms with Crippen molar-refractivity contribution in [3.8, 4) is 6.07 Å². The normalized spacial score (nSPS) is 16.1. The summed E-state index contributed by atoms with van der Waals surface area (Å²) in [5.41, 5.74) is 0.928. The lowest BCUT2D eigenvalue weighted by atomic mass is 10.1. The van der Waals surface area contributed by atoms with Gasteiger partial charge in [0, 0.05) is 11.1 Å². The van der Waals surface area contributed by atoms with E-state index in [0.717, 1.165) is 31.2 Å². The Balaban J connectivity index is 2.08. The molecule has 0 saturated heterocycles. The lowest BCUT2D eigenvalue weighted by Gasteiger charge is -2.10. The summed E-state index contributed by atoms with van der Waals surface area (Å²) in [6.07, 6.45) is 5.89. The van der Waals surface area contributed by atoms with E-state index in [1.807, 2.05) is 6.07 Å². The van der Waals surface area contributed by atoms with Crippen molar-refractivity contribution in [1.82, 2.24) is 5.32 Å². The number of nitriles is 1. The fraction of sp³-hybridized carbons (Fsp3) is 0.333. The third-order valence-electron chi connectivity index (χ3n) is 3.24.